The van der Waals surface area contributed by atoms with Crippen LogP contribution >= 0.6 is 0 Å². The molecule has 0 aliphatic heterocycles. The Bertz CT molecular complexity index is 1050. The van der Waals surface area contributed by atoms with Crippen molar-refractivity contribution in [1.29, 1.82) is 0 Å². The molecular weight excluding hydrogens is 348 g/mol. The zero-order valence-corrected chi connectivity index (χ0v) is 14.7. The fourth-order valence-electron chi connectivity index (χ4n) is 2.54. The van der Waals surface area contributed by atoms with Crippen LogP contribution in [0.2, 0.25) is 0 Å². The van der Waals surface area contributed by atoms with E-state index in [0.717, 1.165) is 4.68 Å². The Morgan fingerprint density at radius 3 is 2.78 bits per heavy atom. The zero-order chi connectivity index (χ0) is 19.2. The number of rotatable bonds is 6. The van der Waals surface area contributed by atoms with Gasteiger partial charge in [0.25, 0.3) is 5.56 Å². The SMILES string of the molecule is CCOC(=O)c1cccc(NC(=O)CCn2nnc3ccccc3c2=O)c1. The molecule has 1 aromatic heterocycles. The average molecular weight is 366 g/mol. The summed E-state index contributed by atoms with van der Waals surface area (Å²) in [7, 11) is 0. The molecule has 1 heterocycles. The molecule has 0 bridgehead atoms. The number of ether oxygens (including phenoxy) is 1. The lowest BCUT2D eigenvalue weighted by molar-refractivity contribution is -0.116. The minimum Gasteiger partial charge on any atom is -0.462 e. The first-order chi connectivity index (χ1) is 13.1. The summed E-state index contributed by atoms with van der Waals surface area (Å²) in [4.78, 5) is 36.3. The number of anilines is 1. The standard InChI is InChI=1S/C19H18N4O4/c1-2-27-19(26)13-6-5-7-14(12-13)20-17(24)10-11-23-18(25)15-8-3-4-9-16(15)21-22-23/h3-9,12H,2,10-11H2,1H3,(H,20,24). The highest BCUT2D eigenvalue weighted by molar-refractivity contribution is 5.94. The zero-order valence-electron chi connectivity index (χ0n) is 14.7. The van der Waals surface area contributed by atoms with Gasteiger partial charge in [-0.1, -0.05) is 23.4 Å². The van der Waals surface area contributed by atoms with Crippen LogP contribution in [0.1, 0.15) is 23.7 Å². The molecule has 0 saturated heterocycles. The van der Waals surface area contributed by atoms with Crippen molar-refractivity contribution in [2.45, 2.75) is 19.9 Å². The van der Waals surface area contributed by atoms with Gasteiger partial charge in [-0.25, -0.2) is 9.48 Å². The summed E-state index contributed by atoms with van der Waals surface area (Å²) in [6.45, 7) is 2.10. The normalized spacial score (nSPS) is 10.6. The third kappa shape index (κ3) is 4.35. The van der Waals surface area contributed by atoms with Crippen LogP contribution < -0.4 is 10.9 Å². The smallest absolute Gasteiger partial charge is 0.338 e. The van der Waals surface area contributed by atoms with E-state index >= 15 is 0 Å². The van der Waals surface area contributed by atoms with Crippen LogP contribution in [0.15, 0.2) is 53.3 Å². The second kappa shape index (κ2) is 8.22. The van der Waals surface area contributed by atoms with Gasteiger partial charge in [0.15, 0.2) is 0 Å². The molecule has 0 atom stereocenters. The van der Waals surface area contributed by atoms with Gasteiger partial charge >= 0.3 is 5.97 Å². The number of nitrogens with zero attached hydrogens (tertiary/aromatic N) is 3. The fourth-order valence-corrected chi connectivity index (χ4v) is 2.54. The van der Waals surface area contributed by atoms with Crippen LogP contribution in [0.5, 0.6) is 0 Å². The number of fused-ring (bicyclic) bond motifs is 1. The fraction of sp³-hybridized carbons (Fsp3) is 0.211. The topological polar surface area (TPSA) is 103 Å². The van der Waals surface area contributed by atoms with Gasteiger partial charge in [-0.3, -0.25) is 9.59 Å². The minimum absolute atomic E-state index is 0.0383. The quantitative estimate of drug-likeness (QED) is 0.669. The molecule has 1 N–H and O–H groups in total. The molecule has 138 valence electrons. The van der Waals surface area contributed by atoms with Crippen LogP contribution in [0, 0.1) is 0 Å². The predicted octanol–water partition coefficient (Wildman–Crippen LogP) is 2.00. The number of amides is 1. The lowest BCUT2D eigenvalue weighted by Gasteiger charge is -2.08. The Hall–Kier alpha value is -3.55. The highest BCUT2D eigenvalue weighted by atomic mass is 16.5. The van der Waals surface area contributed by atoms with Crippen molar-refractivity contribution in [2.75, 3.05) is 11.9 Å². The number of aryl methyl sites for hydroxylation is 1. The summed E-state index contributed by atoms with van der Waals surface area (Å²) in [5, 5.41) is 11.0. The number of aromatic nitrogens is 3. The van der Waals surface area contributed by atoms with Gasteiger partial charge in [0, 0.05) is 12.1 Å². The van der Waals surface area contributed by atoms with Crippen molar-refractivity contribution < 1.29 is 14.3 Å². The Kier molecular flexibility index (Phi) is 5.55. The van der Waals surface area contributed by atoms with Crippen molar-refractivity contribution in [3.63, 3.8) is 0 Å². The highest BCUT2D eigenvalue weighted by Crippen LogP contribution is 2.12. The van der Waals surface area contributed by atoms with E-state index in [-0.39, 0.29) is 31.0 Å². The van der Waals surface area contributed by atoms with E-state index in [4.69, 9.17) is 4.74 Å². The molecule has 8 heteroatoms. The molecule has 0 aliphatic carbocycles. The number of benzene rings is 2. The Balaban J connectivity index is 1.65. The van der Waals surface area contributed by atoms with Crippen molar-refractivity contribution >= 4 is 28.5 Å². The van der Waals surface area contributed by atoms with Gasteiger partial charge in [0.1, 0.15) is 5.52 Å². The molecule has 0 fully saturated rings. The number of carbonyl (C=O) groups excluding carboxylic acids is 2. The first kappa shape index (κ1) is 18.2. The summed E-state index contributed by atoms with van der Waals surface area (Å²) >= 11 is 0. The van der Waals surface area contributed by atoms with Crippen LogP contribution in [0.3, 0.4) is 0 Å². The van der Waals surface area contributed by atoms with Crippen LogP contribution in [-0.4, -0.2) is 33.5 Å². The van der Waals surface area contributed by atoms with E-state index in [1.165, 1.54) is 6.07 Å². The van der Waals surface area contributed by atoms with Gasteiger partial charge in [-0.2, -0.15) is 0 Å². The largest absolute Gasteiger partial charge is 0.462 e. The first-order valence-electron chi connectivity index (χ1n) is 8.48. The molecule has 0 spiro atoms. The lowest BCUT2D eigenvalue weighted by Crippen LogP contribution is -2.26. The third-order valence-corrected chi connectivity index (χ3v) is 3.84. The molecule has 0 saturated carbocycles. The summed E-state index contributed by atoms with van der Waals surface area (Å²) in [6.07, 6.45) is 0.0383. The number of hydrogen-bond donors (Lipinski definition) is 1. The molecule has 1 amide bonds. The van der Waals surface area contributed by atoms with Gasteiger partial charge in [0.05, 0.1) is 24.1 Å². The first-order valence-corrected chi connectivity index (χ1v) is 8.48. The molecule has 0 aliphatic rings. The Morgan fingerprint density at radius 1 is 1.15 bits per heavy atom. The maximum absolute atomic E-state index is 12.4. The van der Waals surface area contributed by atoms with Crippen LogP contribution in [0.25, 0.3) is 10.9 Å². The molecule has 0 radical (unpaired) electrons. The van der Waals surface area contributed by atoms with Gasteiger partial charge in [-0.05, 0) is 37.3 Å². The predicted molar refractivity (Wildman–Crippen MR) is 99.4 cm³/mol. The van der Waals surface area contributed by atoms with E-state index in [9.17, 15) is 14.4 Å². The highest BCUT2D eigenvalue weighted by Gasteiger charge is 2.10. The van der Waals surface area contributed by atoms with E-state index in [0.29, 0.717) is 22.2 Å². The molecule has 3 rings (SSSR count). The van der Waals surface area contributed by atoms with Crippen molar-refractivity contribution in [1.82, 2.24) is 15.0 Å². The second-order valence-electron chi connectivity index (χ2n) is 5.73. The van der Waals surface area contributed by atoms with Gasteiger partial charge in [-0.15, -0.1) is 5.10 Å². The van der Waals surface area contributed by atoms with Crippen LogP contribution in [-0.2, 0) is 16.1 Å². The second-order valence-corrected chi connectivity index (χ2v) is 5.73. The van der Waals surface area contributed by atoms with E-state index in [1.54, 1.807) is 49.4 Å². The summed E-state index contributed by atoms with van der Waals surface area (Å²) in [6, 6.07) is 13.4. The number of carbonyl (C=O) groups is 2. The number of hydrogen-bond acceptors (Lipinski definition) is 6. The van der Waals surface area contributed by atoms with Crippen molar-refractivity contribution in [3.8, 4) is 0 Å². The van der Waals surface area contributed by atoms with E-state index in [2.05, 4.69) is 15.6 Å². The molecule has 27 heavy (non-hydrogen) atoms. The van der Waals surface area contributed by atoms with E-state index in [1.807, 2.05) is 0 Å². The van der Waals surface area contributed by atoms with Crippen molar-refractivity contribution in [2.24, 2.45) is 0 Å². The maximum Gasteiger partial charge on any atom is 0.338 e. The third-order valence-electron chi connectivity index (χ3n) is 3.84. The lowest BCUT2D eigenvalue weighted by atomic mass is 10.2. The monoisotopic (exact) mass is 366 g/mol. The maximum atomic E-state index is 12.4. The summed E-state index contributed by atoms with van der Waals surface area (Å²) in [5.74, 6) is -0.760. The van der Waals surface area contributed by atoms with Crippen LogP contribution in [0.4, 0.5) is 5.69 Å². The summed E-state index contributed by atoms with van der Waals surface area (Å²) in [5.41, 5.74) is 1.05. The van der Waals surface area contributed by atoms with Gasteiger partial charge < -0.3 is 10.1 Å². The summed E-state index contributed by atoms with van der Waals surface area (Å²) < 4.78 is 6.10. The number of nitrogens with one attached hydrogen (secondary N) is 1. The molecule has 2 aromatic carbocycles. The van der Waals surface area contributed by atoms with Gasteiger partial charge in [0.2, 0.25) is 5.91 Å². The number of esters is 1. The Morgan fingerprint density at radius 2 is 1.96 bits per heavy atom. The Labute approximate surface area is 154 Å². The molecule has 0 unspecified atom stereocenters. The average Bonchev–Trinajstić information content (AvgIpc) is 2.68. The van der Waals surface area contributed by atoms with E-state index < -0.39 is 5.97 Å². The molecule has 8 nitrogen and oxygen atoms in total. The molecular formula is C19H18N4O4. The minimum atomic E-state index is -0.452. The van der Waals surface area contributed by atoms with Crippen molar-refractivity contribution in [3.05, 3.63) is 64.4 Å². The molecule has 3 aromatic rings.